The zero-order valence-electron chi connectivity index (χ0n) is 15.7. The Kier molecular flexibility index (Phi) is 7.01. The van der Waals surface area contributed by atoms with Crippen molar-refractivity contribution in [1.29, 1.82) is 5.41 Å². The van der Waals surface area contributed by atoms with Gasteiger partial charge >= 0.3 is 0 Å². The van der Waals surface area contributed by atoms with E-state index in [1.165, 1.54) is 0 Å². The van der Waals surface area contributed by atoms with Crippen molar-refractivity contribution >= 4 is 24.2 Å². The van der Waals surface area contributed by atoms with Gasteiger partial charge in [-0.2, -0.15) is 5.10 Å². The average Bonchev–Trinajstić information content (AvgIpc) is 2.78. The topological polar surface area (TPSA) is 86.9 Å². The van der Waals surface area contributed by atoms with Crippen molar-refractivity contribution in [3.8, 4) is 5.75 Å². The van der Waals surface area contributed by atoms with Gasteiger partial charge in [-0.15, -0.1) is 0 Å². The molecule has 0 aliphatic carbocycles. The first-order valence-electron chi connectivity index (χ1n) is 8.98. The number of nitrogens with zero attached hydrogens (tertiary/aromatic N) is 2. The fourth-order valence-corrected chi connectivity index (χ4v) is 2.36. The van der Waals surface area contributed by atoms with Crippen LogP contribution in [-0.2, 0) is 4.79 Å². The van der Waals surface area contributed by atoms with Crippen molar-refractivity contribution in [2.45, 2.75) is 0 Å². The number of ether oxygens (including phenoxy) is 1. The number of carbonyl (C=O) groups excluding carboxylic acids is 1. The molecule has 6 heteroatoms. The molecule has 2 N–H and O–H groups in total. The highest BCUT2D eigenvalue weighted by Crippen LogP contribution is 2.13. The molecule has 29 heavy (non-hydrogen) atoms. The number of benzene rings is 3. The maximum atomic E-state index is 11.8. The van der Waals surface area contributed by atoms with Crippen molar-refractivity contribution in [1.82, 2.24) is 5.43 Å². The molecule has 3 rings (SSSR count). The lowest BCUT2D eigenvalue weighted by Gasteiger charge is -2.06. The lowest BCUT2D eigenvalue weighted by Crippen LogP contribution is -2.24. The minimum absolute atomic E-state index is 0.147. The first kappa shape index (κ1) is 19.7. The Hall–Kier alpha value is -4.06. The number of rotatable bonds is 7. The van der Waals surface area contributed by atoms with E-state index in [4.69, 9.17) is 10.1 Å². The largest absolute Gasteiger partial charge is 0.484 e. The molecule has 3 aromatic rings. The predicted octanol–water partition coefficient (Wildman–Crippen LogP) is 3.66. The van der Waals surface area contributed by atoms with Crippen LogP contribution in [0.2, 0.25) is 0 Å². The lowest BCUT2D eigenvalue weighted by atomic mass is 10.2. The highest BCUT2D eigenvalue weighted by Gasteiger charge is 2.03. The average molecular weight is 384 g/mol. The third-order valence-electron chi connectivity index (χ3n) is 3.84. The van der Waals surface area contributed by atoms with Crippen LogP contribution < -0.4 is 10.2 Å². The van der Waals surface area contributed by atoms with Gasteiger partial charge in [0, 0.05) is 11.8 Å². The second-order valence-corrected chi connectivity index (χ2v) is 6.03. The van der Waals surface area contributed by atoms with Crippen LogP contribution in [0.1, 0.15) is 16.7 Å². The Morgan fingerprint density at radius 2 is 1.45 bits per heavy atom. The summed E-state index contributed by atoms with van der Waals surface area (Å²) >= 11 is 0. The molecule has 0 fully saturated rings. The highest BCUT2D eigenvalue weighted by molar-refractivity contribution is 6.03. The van der Waals surface area contributed by atoms with Crippen molar-refractivity contribution in [3.05, 3.63) is 102 Å². The van der Waals surface area contributed by atoms with Crippen LogP contribution in [0.3, 0.4) is 0 Å². The van der Waals surface area contributed by atoms with E-state index in [0.29, 0.717) is 11.3 Å². The van der Waals surface area contributed by atoms with Gasteiger partial charge in [-0.1, -0.05) is 60.7 Å². The van der Waals surface area contributed by atoms with E-state index in [0.717, 1.165) is 11.1 Å². The summed E-state index contributed by atoms with van der Waals surface area (Å²) in [6.45, 7) is -0.158. The summed E-state index contributed by atoms with van der Waals surface area (Å²) in [6, 6.07) is 25.9. The number of amides is 1. The monoisotopic (exact) mass is 384 g/mol. The minimum Gasteiger partial charge on any atom is -0.484 e. The number of hydrogen-bond donors (Lipinski definition) is 2. The van der Waals surface area contributed by atoms with E-state index in [2.05, 4.69) is 15.5 Å². The highest BCUT2D eigenvalue weighted by atomic mass is 16.5. The predicted molar refractivity (Wildman–Crippen MR) is 115 cm³/mol. The molecule has 0 unspecified atom stereocenters. The summed E-state index contributed by atoms with van der Waals surface area (Å²) in [7, 11) is 0. The first-order chi connectivity index (χ1) is 14.2. The van der Waals surface area contributed by atoms with Crippen LogP contribution in [0.5, 0.6) is 5.75 Å². The summed E-state index contributed by atoms with van der Waals surface area (Å²) in [5.41, 5.74) is 4.89. The van der Waals surface area contributed by atoms with Crippen molar-refractivity contribution in [2.24, 2.45) is 10.1 Å². The van der Waals surface area contributed by atoms with Gasteiger partial charge in [-0.25, -0.2) is 10.4 Å². The fraction of sp³-hybridized carbons (Fsp3) is 0.0435. The van der Waals surface area contributed by atoms with Crippen LogP contribution in [0.15, 0.2) is 95.0 Å². The van der Waals surface area contributed by atoms with Gasteiger partial charge in [0.15, 0.2) is 12.4 Å². The lowest BCUT2D eigenvalue weighted by molar-refractivity contribution is -0.123. The van der Waals surface area contributed by atoms with Gasteiger partial charge in [0.1, 0.15) is 5.75 Å². The third kappa shape index (κ3) is 6.55. The smallest absolute Gasteiger partial charge is 0.277 e. The van der Waals surface area contributed by atoms with E-state index in [9.17, 15) is 4.79 Å². The van der Waals surface area contributed by atoms with Crippen LogP contribution in [0, 0.1) is 5.41 Å². The van der Waals surface area contributed by atoms with Gasteiger partial charge in [-0.3, -0.25) is 10.2 Å². The van der Waals surface area contributed by atoms with Crippen molar-refractivity contribution in [2.75, 3.05) is 6.61 Å². The second-order valence-electron chi connectivity index (χ2n) is 6.03. The van der Waals surface area contributed by atoms with E-state index in [1.54, 1.807) is 36.7 Å². The summed E-state index contributed by atoms with van der Waals surface area (Å²) in [5, 5.41) is 11.9. The fourth-order valence-electron chi connectivity index (χ4n) is 2.36. The van der Waals surface area contributed by atoms with Crippen LogP contribution >= 0.6 is 0 Å². The molecule has 0 spiro atoms. The maximum Gasteiger partial charge on any atom is 0.277 e. The maximum absolute atomic E-state index is 11.8. The molecule has 0 bridgehead atoms. The SMILES string of the molecule is N=C(N=Cc1ccccc1)c1ccc(OCC(=O)N/N=C/c2ccccc2)cc1. The molecule has 6 nitrogen and oxygen atoms in total. The Labute approximate surface area is 169 Å². The van der Waals surface area contributed by atoms with E-state index >= 15 is 0 Å². The molecular weight excluding hydrogens is 364 g/mol. The number of aliphatic imine (C=N–C) groups is 1. The van der Waals surface area contributed by atoms with Gasteiger partial charge in [0.25, 0.3) is 5.91 Å². The van der Waals surface area contributed by atoms with Gasteiger partial charge in [0.05, 0.1) is 6.21 Å². The Balaban J connectivity index is 1.46. The summed E-state index contributed by atoms with van der Waals surface area (Å²) in [6.07, 6.45) is 3.21. The molecule has 0 saturated heterocycles. The summed E-state index contributed by atoms with van der Waals surface area (Å²) < 4.78 is 5.44. The number of hydrogen-bond acceptors (Lipinski definition) is 4. The molecule has 1 amide bonds. The van der Waals surface area contributed by atoms with Gasteiger partial charge < -0.3 is 4.74 Å². The van der Waals surface area contributed by atoms with Crippen LogP contribution in [0.4, 0.5) is 0 Å². The standard InChI is InChI=1S/C23H20N4O2/c24-23(25-15-18-7-3-1-4-8-18)20-11-13-21(14-12-20)29-17-22(28)27-26-16-19-9-5-2-6-10-19/h1-16,24H,17H2,(H,27,28)/b24-23?,25-15?,26-16+. The van der Waals surface area contributed by atoms with E-state index in [-0.39, 0.29) is 18.3 Å². The normalized spacial score (nSPS) is 10.9. The molecule has 0 radical (unpaired) electrons. The van der Waals surface area contributed by atoms with Crippen LogP contribution in [-0.4, -0.2) is 30.8 Å². The first-order valence-corrected chi connectivity index (χ1v) is 8.98. The molecule has 0 saturated carbocycles. The Morgan fingerprint density at radius 3 is 2.07 bits per heavy atom. The molecule has 3 aromatic carbocycles. The molecule has 144 valence electrons. The Morgan fingerprint density at radius 1 is 0.862 bits per heavy atom. The quantitative estimate of drug-likeness (QED) is 0.370. The number of hydrazone groups is 1. The van der Waals surface area contributed by atoms with Crippen LogP contribution in [0.25, 0.3) is 0 Å². The van der Waals surface area contributed by atoms with Crippen molar-refractivity contribution < 1.29 is 9.53 Å². The molecule has 0 atom stereocenters. The van der Waals surface area contributed by atoms with E-state index in [1.807, 2.05) is 60.7 Å². The third-order valence-corrected chi connectivity index (χ3v) is 3.84. The molecule has 0 aromatic heterocycles. The van der Waals surface area contributed by atoms with Crippen molar-refractivity contribution in [3.63, 3.8) is 0 Å². The summed E-state index contributed by atoms with van der Waals surface area (Å²) in [4.78, 5) is 16.0. The zero-order valence-corrected chi connectivity index (χ0v) is 15.7. The number of nitrogens with one attached hydrogen (secondary N) is 2. The molecule has 0 aliphatic rings. The number of carbonyl (C=O) groups is 1. The zero-order chi connectivity index (χ0) is 20.3. The molecular formula is C23H20N4O2. The molecule has 0 heterocycles. The summed E-state index contributed by atoms with van der Waals surface area (Å²) in [5.74, 6) is 0.311. The van der Waals surface area contributed by atoms with E-state index < -0.39 is 0 Å². The van der Waals surface area contributed by atoms with Gasteiger partial charge in [-0.05, 0) is 35.4 Å². The van der Waals surface area contributed by atoms with Gasteiger partial charge in [0.2, 0.25) is 0 Å². The second kappa shape index (κ2) is 10.3. The molecule has 0 aliphatic heterocycles. The number of amidine groups is 1. The minimum atomic E-state index is -0.360. The Bertz CT molecular complexity index is 998.